The van der Waals surface area contributed by atoms with Crippen molar-refractivity contribution in [3.05, 3.63) is 63.6 Å². The third kappa shape index (κ3) is 6.67. The minimum atomic E-state index is -0.156. The Kier molecular flexibility index (Phi) is 7.45. The van der Waals surface area contributed by atoms with E-state index in [9.17, 15) is 9.59 Å². The van der Waals surface area contributed by atoms with E-state index in [1.165, 1.54) is 0 Å². The molecule has 138 valence electrons. The van der Waals surface area contributed by atoms with E-state index >= 15 is 0 Å². The number of likely N-dealkylation sites (N-methyl/N-ethyl adjacent to an activating group) is 1. The van der Waals surface area contributed by atoms with E-state index in [0.29, 0.717) is 16.6 Å². The molecular formula is C19H22Cl2N3O2+. The first-order chi connectivity index (χ1) is 12.3. The van der Waals surface area contributed by atoms with Crippen LogP contribution >= 0.6 is 23.2 Å². The Morgan fingerprint density at radius 1 is 1.00 bits per heavy atom. The number of quaternary nitrogens is 1. The normalized spacial score (nSPS) is 11.7. The Balaban J connectivity index is 1.75. The Hall–Kier alpha value is -2.08. The molecule has 0 radical (unpaired) electrons. The fraction of sp³-hybridized carbons (Fsp3) is 0.263. The Morgan fingerprint density at radius 2 is 1.65 bits per heavy atom. The van der Waals surface area contributed by atoms with Crippen molar-refractivity contribution in [2.45, 2.75) is 13.5 Å². The second-order valence-electron chi connectivity index (χ2n) is 6.24. The summed E-state index contributed by atoms with van der Waals surface area (Å²) in [5, 5.41) is 6.68. The van der Waals surface area contributed by atoms with Gasteiger partial charge in [-0.1, -0.05) is 47.0 Å². The molecule has 3 N–H and O–H groups in total. The van der Waals surface area contributed by atoms with Crippen molar-refractivity contribution in [1.82, 2.24) is 5.32 Å². The largest absolute Gasteiger partial charge is 0.347 e. The molecule has 0 saturated heterocycles. The lowest BCUT2D eigenvalue weighted by Gasteiger charge is -2.14. The molecule has 0 spiro atoms. The summed E-state index contributed by atoms with van der Waals surface area (Å²) >= 11 is 11.9. The van der Waals surface area contributed by atoms with Crippen LogP contribution in [0.4, 0.5) is 5.69 Å². The van der Waals surface area contributed by atoms with Gasteiger partial charge < -0.3 is 15.5 Å². The topological polar surface area (TPSA) is 62.6 Å². The van der Waals surface area contributed by atoms with Gasteiger partial charge in [-0.3, -0.25) is 9.59 Å². The maximum Gasteiger partial charge on any atom is 0.279 e. The summed E-state index contributed by atoms with van der Waals surface area (Å²) in [7, 11) is 1.80. The highest BCUT2D eigenvalue weighted by Crippen LogP contribution is 2.20. The van der Waals surface area contributed by atoms with Gasteiger partial charge in [-0.05, 0) is 36.8 Å². The minimum Gasteiger partial charge on any atom is -0.347 e. The van der Waals surface area contributed by atoms with Gasteiger partial charge in [0.1, 0.15) is 0 Å². The number of halogens is 2. The third-order valence-electron chi connectivity index (χ3n) is 3.75. The second kappa shape index (κ2) is 9.57. The fourth-order valence-corrected chi connectivity index (χ4v) is 2.85. The highest BCUT2D eigenvalue weighted by Gasteiger charge is 2.14. The van der Waals surface area contributed by atoms with Crippen molar-refractivity contribution in [3.63, 3.8) is 0 Å². The van der Waals surface area contributed by atoms with Gasteiger partial charge >= 0.3 is 0 Å². The molecule has 26 heavy (non-hydrogen) atoms. The van der Waals surface area contributed by atoms with Gasteiger partial charge in [0.15, 0.2) is 13.1 Å². The molecule has 0 aliphatic carbocycles. The number of carbonyl (C=O) groups excluding carboxylic acids is 2. The molecule has 2 rings (SSSR count). The zero-order valence-corrected chi connectivity index (χ0v) is 16.2. The fourth-order valence-electron chi connectivity index (χ4n) is 2.37. The van der Waals surface area contributed by atoms with Crippen LogP contribution in [0.3, 0.4) is 0 Å². The summed E-state index contributed by atoms with van der Waals surface area (Å²) in [6, 6.07) is 12.7. The first kappa shape index (κ1) is 20.2. The SMILES string of the molecule is Cc1ccc(NC(=O)C[NH+](C)CC(=O)NCc2ccc(Cl)cc2Cl)cc1. The number of nitrogens with one attached hydrogen (secondary N) is 3. The molecule has 0 heterocycles. The van der Waals surface area contributed by atoms with Gasteiger partial charge in [-0.2, -0.15) is 0 Å². The Labute approximate surface area is 163 Å². The molecule has 1 atom stereocenters. The first-order valence-electron chi connectivity index (χ1n) is 8.22. The second-order valence-corrected chi connectivity index (χ2v) is 7.08. The quantitative estimate of drug-likeness (QED) is 0.672. The number of carbonyl (C=O) groups is 2. The first-order valence-corrected chi connectivity index (χ1v) is 8.97. The summed E-state index contributed by atoms with van der Waals surface area (Å²) in [6.07, 6.45) is 0. The lowest BCUT2D eigenvalue weighted by atomic mass is 10.2. The number of hydrogen-bond donors (Lipinski definition) is 3. The van der Waals surface area contributed by atoms with Crippen molar-refractivity contribution in [3.8, 4) is 0 Å². The van der Waals surface area contributed by atoms with Crippen LogP contribution in [0, 0.1) is 6.92 Å². The molecule has 0 aromatic heterocycles. The average molecular weight is 395 g/mol. The van der Waals surface area contributed by atoms with Crippen LogP contribution in [0.15, 0.2) is 42.5 Å². The summed E-state index contributed by atoms with van der Waals surface area (Å²) in [5.74, 6) is -0.295. The molecule has 0 aliphatic rings. The van der Waals surface area contributed by atoms with E-state index in [2.05, 4.69) is 10.6 Å². The predicted molar refractivity (Wildman–Crippen MR) is 105 cm³/mol. The summed E-state index contributed by atoms with van der Waals surface area (Å²) in [5.41, 5.74) is 2.66. The lowest BCUT2D eigenvalue weighted by molar-refractivity contribution is -0.862. The summed E-state index contributed by atoms with van der Waals surface area (Å²) in [4.78, 5) is 24.9. The van der Waals surface area contributed by atoms with Gasteiger partial charge in [-0.15, -0.1) is 0 Å². The lowest BCUT2D eigenvalue weighted by Crippen LogP contribution is -3.11. The molecule has 0 fully saturated rings. The van der Waals surface area contributed by atoms with Crippen LogP contribution in [0.25, 0.3) is 0 Å². The number of amides is 2. The van der Waals surface area contributed by atoms with Crippen LogP contribution in [0.5, 0.6) is 0 Å². The number of benzene rings is 2. The van der Waals surface area contributed by atoms with Gasteiger partial charge in [0.2, 0.25) is 0 Å². The predicted octanol–water partition coefficient (Wildman–Crippen LogP) is 2.07. The molecule has 5 nitrogen and oxygen atoms in total. The number of aryl methyl sites for hydroxylation is 1. The average Bonchev–Trinajstić information content (AvgIpc) is 2.56. The van der Waals surface area contributed by atoms with E-state index in [1.54, 1.807) is 25.2 Å². The highest BCUT2D eigenvalue weighted by molar-refractivity contribution is 6.35. The van der Waals surface area contributed by atoms with Gasteiger partial charge in [0.05, 0.1) is 7.05 Å². The van der Waals surface area contributed by atoms with E-state index in [0.717, 1.165) is 21.7 Å². The van der Waals surface area contributed by atoms with Crippen LogP contribution in [0.2, 0.25) is 10.0 Å². The molecule has 7 heteroatoms. The van der Waals surface area contributed by atoms with Crippen LogP contribution in [-0.4, -0.2) is 32.0 Å². The molecule has 2 aromatic rings. The van der Waals surface area contributed by atoms with E-state index in [4.69, 9.17) is 23.2 Å². The van der Waals surface area contributed by atoms with Crippen LogP contribution in [0.1, 0.15) is 11.1 Å². The third-order valence-corrected chi connectivity index (χ3v) is 4.34. The van der Waals surface area contributed by atoms with Crippen LogP contribution in [-0.2, 0) is 16.1 Å². The number of anilines is 1. The molecule has 2 aromatic carbocycles. The maximum absolute atomic E-state index is 12.1. The van der Waals surface area contributed by atoms with E-state index < -0.39 is 0 Å². The molecule has 2 amide bonds. The summed E-state index contributed by atoms with van der Waals surface area (Å²) < 4.78 is 0. The van der Waals surface area contributed by atoms with Crippen molar-refractivity contribution in [2.24, 2.45) is 0 Å². The van der Waals surface area contributed by atoms with Crippen molar-refractivity contribution >= 4 is 40.7 Å². The van der Waals surface area contributed by atoms with Crippen LogP contribution < -0.4 is 15.5 Å². The molecule has 0 saturated carbocycles. The van der Waals surface area contributed by atoms with Gasteiger partial charge in [0, 0.05) is 22.3 Å². The van der Waals surface area contributed by atoms with E-state index in [-0.39, 0.29) is 24.9 Å². The zero-order chi connectivity index (χ0) is 19.1. The minimum absolute atomic E-state index is 0.139. The standard InChI is InChI=1S/C19H21Cl2N3O2/c1-13-3-7-16(8-4-13)23-19(26)12-24(2)11-18(25)22-10-14-5-6-15(20)9-17(14)21/h3-9H,10-12H2,1-2H3,(H,22,25)(H,23,26)/p+1. The van der Waals surface area contributed by atoms with Crippen molar-refractivity contribution in [2.75, 3.05) is 25.5 Å². The smallest absolute Gasteiger partial charge is 0.279 e. The number of rotatable bonds is 7. The van der Waals surface area contributed by atoms with Gasteiger partial charge in [-0.25, -0.2) is 0 Å². The zero-order valence-electron chi connectivity index (χ0n) is 14.7. The Morgan fingerprint density at radius 3 is 2.31 bits per heavy atom. The maximum atomic E-state index is 12.1. The van der Waals surface area contributed by atoms with Crippen molar-refractivity contribution in [1.29, 1.82) is 0 Å². The molecule has 0 bridgehead atoms. The molecular weight excluding hydrogens is 373 g/mol. The van der Waals surface area contributed by atoms with Crippen molar-refractivity contribution < 1.29 is 14.5 Å². The Bertz CT molecular complexity index is 779. The van der Waals surface area contributed by atoms with E-state index in [1.807, 2.05) is 31.2 Å². The number of hydrogen-bond acceptors (Lipinski definition) is 2. The summed E-state index contributed by atoms with van der Waals surface area (Å²) in [6.45, 7) is 2.69. The monoisotopic (exact) mass is 394 g/mol. The van der Waals surface area contributed by atoms with Gasteiger partial charge in [0.25, 0.3) is 11.8 Å². The molecule has 1 unspecified atom stereocenters. The highest BCUT2D eigenvalue weighted by atomic mass is 35.5. The molecule has 0 aliphatic heterocycles.